The summed E-state index contributed by atoms with van der Waals surface area (Å²) >= 11 is 0. The van der Waals surface area contributed by atoms with Crippen LogP contribution < -0.4 is 0 Å². The first-order valence-corrected chi connectivity index (χ1v) is 31.2. The Hall–Kier alpha value is -11.5. The molecule has 0 radical (unpaired) electrons. The van der Waals surface area contributed by atoms with E-state index in [1.54, 1.807) is 6.20 Å². The third-order valence-corrected chi connectivity index (χ3v) is 15.4. The van der Waals surface area contributed by atoms with Crippen molar-refractivity contribution < 1.29 is 0 Å². The van der Waals surface area contributed by atoms with E-state index < -0.39 is 0 Å². The lowest BCUT2D eigenvalue weighted by Gasteiger charge is -2.09. The highest BCUT2D eigenvalue weighted by atomic mass is 14.9. The number of hydrogen-bond donors (Lipinski definition) is 0. The Bertz CT molecular complexity index is 4710. The van der Waals surface area contributed by atoms with Crippen molar-refractivity contribution in [3.8, 4) is 78.5 Å². The fraction of sp³-hybridized carbons (Fsp3) is 0.0682. The van der Waals surface area contributed by atoms with Gasteiger partial charge >= 0.3 is 0 Å². The molecule has 0 aliphatic carbocycles. The molecule has 0 bridgehead atoms. The second-order valence-electron chi connectivity index (χ2n) is 22.7. The van der Waals surface area contributed by atoms with Crippen LogP contribution in [0.2, 0.25) is 0 Å². The lowest BCUT2D eigenvalue weighted by atomic mass is 9.98. The maximum atomic E-state index is 4.85. The summed E-state index contributed by atoms with van der Waals surface area (Å²) in [6.45, 7) is 12.7. The van der Waals surface area contributed by atoms with Crippen molar-refractivity contribution in [2.24, 2.45) is 0 Å². The van der Waals surface area contributed by atoms with Gasteiger partial charge in [0.1, 0.15) is 0 Å². The smallest absolute Gasteiger partial charge is 0.159 e. The van der Waals surface area contributed by atoms with Gasteiger partial charge in [0.2, 0.25) is 0 Å². The molecule has 4 heteroatoms. The predicted octanol–water partition coefficient (Wildman–Crippen LogP) is 23.5. The van der Waals surface area contributed by atoms with Crippen LogP contribution in [0.5, 0.6) is 0 Å². The molecule has 3 aromatic heterocycles. The quantitative estimate of drug-likeness (QED) is 0.160. The van der Waals surface area contributed by atoms with E-state index in [9.17, 15) is 0 Å². The molecule has 0 spiro atoms. The minimum atomic E-state index is 0.758. The first-order valence-electron chi connectivity index (χ1n) is 31.2. The van der Waals surface area contributed by atoms with Crippen LogP contribution in [-0.4, -0.2) is 19.9 Å². The number of rotatable bonds is 7. The van der Waals surface area contributed by atoms with Crippen molar-refractivity contribution in [1.82, 2.24) is 19.9 Å². The summed E-state index contributed by atoms with van der Waals surface area (Å²) in [5.41, 5.74) is 22.3. The Morgan fingerprint density at radius 2 is 0.663 bits per heavy atom. The first kappa shape index (κ1) is 63.6. The van der Waals surface area contributed by atoms with Crippen LogP contribution in [0.3, 0.4) is 0 Å². The van der Waals surface area contributed by atoms with Gasteiger partial charge in [-0.1, -0.05) is 307 Å². The second kappa shape index (κ2) is 32.7. The molecule has 0 saturated heterocycles. The molecule has 0 atom stereocenters. The number of benzene rings is 12. The van der Waals surface area contributed by atoms with Gasteiger partial charge in [0, 0.05) is 40.8 Å². The minimum absolute atomic E-state index is 0.758. The average molecular weight is 1190 g/mol. The van der Waals surface area contributed by atoms with Gasteiger partial charge < -0.3 is 0 Å². The van der Waals surface area contributed by atoms with E-state index in [-0.39, 0.29) is 0 Å². The molecule has 12 aromatic carbocycles. The summed E-state index contributed by atoms with van der Waals surface area (Å²) in [7, 11) is 0. The Morgan fingerprint density at radius 3 is 1.28 bits per heavy atom. The van der Waals surface area contributed by atoms with Crippen LogP contribution in [0.15, 0.2) is 352 Å². The number of pyridine rings is 2. The van der Waals surface area contributed by atoms with Gasteiger partial charge in [-0.05, 0) is 156 Å². The van der Waals surface area contributed by atoms with E-state index in [1.165, 1.54) is 88.3 Å². The van der Waals surface area contributed by atoms with E-state index >= 15 is 0 Å². The maximum Gasteiger partial charge on any atom is 0.159 e. The largest absolute Gasteiger partial charge is 0.264 e. The monoisotopic (exact) mass is 1190 g/mol. The Balaban J connectivity index is 0.000000128. The molecule has 0 N–H and O–H groups in total. The molecule has 0 aliphatic heterocycles. The van der Waals surface area contributed by atoms with Crippen LogP contribution in [0.1, 0.15) is 33.4 Å². The van der Waals surface area contributed by atoms with Gasteiger partial charge in [-0.25, -0.2) is 15.0 Å². The molecule has 0 fully saturated rings. The van der Waals surface area contributed by atoms with Crippen LogP contribution >= 0.6 is 0 Å². The van der Waals surface area contributed by atoms with Gasteiger partial charge in [-0.3, -0.25) is 4.98 Å². The predicted molar refractivity (Wildman–Crippen MR) is 391 cm³/mol. The third kappa shape index (κ3) is 18.6. The molecular weight excluding hydrogens is 1110 g/mol. The third-order valence-electron chi connectivity index (χ3n) is 15.4. The van der Waals surface area contributed by atoms with Crippen molar-refractivity contribution in [3.05, 3.63) is 386 Å². The molecule has 0 aliphatic rings. The SMILES string of the molecule is Cc1cc(-c2ccccc2)cc(-c2cccc(-c3cccnc3)n2)c1.Cc1ccc2ccccc2c1.Cc1cccc(-c2ccccc2)c1.Cc1cccc(-c2nccc(-c3ccc(-c4ccccc4)cc3)n2)c1.Cc1cccc2ccccc12.Cc1ccccc1. The number of hydrogen-bond acceptors (Lipinski definition) is 4. The molecule has 15 aromatic rings. The average Bonchev–Trinajstić information content (AvgIpc) is 1.26. The number of nitrogens with zero attached hydrogens (tertiary/aromatic N) is 4. The molecule has 4 nitrogen and oxygen atoms in total. The molecular formula is C88H76N4. The summed E-state index contributed by atoms with van der Waals surface area (Å²) in [5, 5.41) is 5.33. The summed E-state index contributed by atoms with van der Waals surface area (Å²) in [4.78, 5) is 18.2. The first-order chi connectivity index (χ1) is 45.1. The van der Waals surface area contributed by atoms with Crippen molar-refractivity contribution in [2.45, 2.75) is 41.5 Å². The molecule has 0 unspecified atom stereocenters. The fourth-order valence-electron chi connectivity index (χ4n) is 10.6. The topological polar surface area (TPSA) is 51.6 Å². The summed E-state index contributed by atoms with van der Waals surface area (Å²) in [6.07, 6.45) is 5.45. The van der Waals surface area contributed by atoms with Gasteiger partial charge in [-0.2, -0.15) is 0 Å². The van der Waals surface area contributed by atoms with Gasteiger partial charge in [0.15, 0.2) is 5.82 Å². The van der Waals surface area contributed by atoms with E-state index in [4.69, 9.17) is 9.97 Å². The summed E-state index contributed by atoms with van der Waals surface area (Å²) in [5.74, 6) is 0.758. The Kier molecular flexibility index (Phi) is 22.6. The number of fused-ring (bicyclic) bond motifs is 2. The lowest BCUT2D eigenvalue weighted by molar-refractivity contribution is 1.18. The Labute approximate surface area is 544 Å². The molecule has 0 amide bonds. The van der Waals surface area contributed by atoms with E-state index in [1.807, 2.05) is 85.2 Å². The van der Waals surface area contributed by atoms with Gasteiger partial charge in [-0.15, -0.1) is 0 Å². The second-order valence-corrected chi connectivity index (χ2v) is 22.7. The maximum absolute atomic E-state index is 4.85. The molecule has 0 saturated carbocycles. The van der Waals surface area contributed by atoms with Crippen molar-refractivity contribution in [1.29, 1.82) is 0 Å². The summed E-state index contributed by atoms with van der Waals surface area (Å²) in [6, 6.07) is 115. The minimum Gasteiger partial charge on any atom is -0.264 e. The zero-order chi connectivity index (χ0) is 63.7. The van der Waals surface area contributed by atoms with Crippen molar-refractivity contribution in [3.63, 3.8) is 0 Å². The van der Waals surface area contributed by atoms with Crippen LogP contribution in [0, 0.1) is 41.5 Å². The molecule has 15 rings (SSSR count). The standard InChI is InChI=1S/2C23H18N2.C13H12.2C11H10.C7H8/c1-17-13-20(18-7-3-2-4-8-18)15-21(14-17)23-11-5-10-22(25-23)19-9-6-12-24-16-19;1-17-6-5-9-21(16-17)23-24-15-14-22(25-23)20-12-10-19(11-13-20)18-7-3-2-4-8-18;1-11-6-5-9-13(10-11)12-7-3-2-4-8-12;1-9-5-4-7-10-6-2-3-8-11(9)10;1-9-6-7-10-4-2-3-5-11(10)8-9;1-7-5-3-2-4-6-7/h2*2-16H,1H3;2-10H,1H3;2*2-8H,1H3;2-6H,1H3. The fourth-order valence-corrected chi connectivity index (χ4v) is 10.6. The Morgan fingerprint density at radius 1 is 0.217 bits per heavy atom. The normalized spacial score (nSPS) is 10.3. The molecule has 448 valence electrons. The molecule has 92 heavy (non-hydrogen) atoms. The summed E-state index contributed by atoms with van der Waals surface area (Å²) < 4.78 is 0. The number of aromatic nitrogens is 4. The van der Waals surface area contributed by atoms with E-state index in [0.717, 1.165) is 45.2 Å². The van der Waals surface area contributed by atoms with Gasteiger partial charge in [0.25, 0.3) is 0 Å². The lowest BCUT2D eigenvalue weighted by Crippen LogP contribution is -1.92. The van der Waals surface area contributed by atoms with Crippen LogP contribution in [-0.2, 0) is 0 Å². The van der Waals surface area contributed by atoms with Crippen LogP contribution in [0.25, 0.3) is 100 Å². The zero-order valence-corrected chi connectivity index (χ0v) is 53.3. The highest BCUT2D eigenvalue weighted by molar-refractivity contribution is 5.85. The van der Waals surface area contributed by atoms with Crippen LogP contribution in [0.4, 0.5) is 0 Å². The van der Waals surface area contributed by atoms with E-state index in [2.05, 4.69) is 312 Å². The highest BCUT2D eigenvalue weighted by Crippen LogP contribution is 2.30. The van der Waals surface area contributed by atoms with Crippen molar-refractivity contribution >= 4 is 21.5 Å². The van der Waals surface area contributed by atoms with Crippen molar-refractivity contribution in [2.75, 3.05) is 0 Å². The molecule has 3 heterocycles. The zero-order valence-electron chi connectivity index (χ0n) is 53.3. The number of aryl methyl sites for hydroxylation is 6. The van der Waals surface area contributed by atoms with Gasteiger partial charge in [0.05, 0.1) is 17.1 Å². The highest BCUT2D eigenvalue weighted by Gasteiger charge is 2.09. The van der Waals surface area contributed by atoms with E-state index in [0.29, 0.717) is 0 Å².